The van der Waals surface area contributed by atoms with E-state index < -0.39 is 0 Å². The third kappa shape index (κ3) is 2.94. The molecule has 18 heavy (non-hydrogen) atoms. The van der Waals surface area contributed by atoms with E-state index in [0.717, 1.165) is 15.6 Å². The van der Waals surface area contributed by atoms with Gasteiger partial charge in [-0.05, 0) is 48.4 Å². The van der Waals surface area contributed by atoms with Crippen LogP contribution in [0, 0.1) is 0 Å². The molecule has 0 unspecified atom stereocenters. The highest BCUT2D eigenvalue weighted by molar-refractivity contribution is 9.10. The lowest BCUT2D eigenvalue weighted by molar-refractivity contribution is 0.101. The Morgan fingerprint density at radius 3 is 2.11 bits per heavy atom. The molecule has 0 amide bonds. The number of Topliss-reactive ketones (excluding diaryl/α,β-unsaturated/α-hetero) is 1. The van der Waals surface area contributed by atoms with Gasteiger partial charge in [-0.2, -0.15) is 0 Å². The first-order chi connectivity index (χ1) is 8.47. The molecule has 0 spiro atoms. The van der Waals surface area contributed by atoms with E-state index in [4.69, 9.17) is 23.2 Å². The number of halogens is 3. The molecule has 0 aliphatic rings. The molecule has 1 nitrogen and oxygen atoms in total. The summed E-state index contributed by atoms with van der Waals surface area (Å²) >= 11 is 15.3. The summed E-state index contributed by atoms with van der Waals surface area (Å²) in [7, 11) is 0. The van der Waals surface area contributed by atoms with E-state index in [1.165, 1.54) is 6.92 Å². The Kier molecular flexibility index (Phi) is 4.10. The van der Waals surface area contributed by atoms with Crippen molar-refractivity contribution in [2.75, 3.05) is 0 Å². The fraction of sp³-hybridized carbons (Fsp3) is 0.0714. The van der Waals surface area contributed by atoms with Gasteiger partial charge in [-0.25, -0.2) is 0 Å². The van der Waals surface area contributed by atoms with Gasteiger partial charge in [0.15, 0.2) is 5.78 Å². The highest BCUT2D eigenvalue weighted by atomic mass is 79.9. The van der Waals surface area contributed by atoms with Crippen LogP contribution in [-0.2, 0) is 0 Å². The number of rotatable bonds is 2. The van der Waals surface area contributed by atoms with Crippen molar-refractivity contribution in [3.8, 4) is 11.1 Å². The average molecular weight is 344 g/mol. The van der Waals surface area contributed by atoms with Crippen LogP contribution in [0.3, 0.4) is 0 Å². The zero-order valence-electron chi connectivity index (χ0n) is 9.51. The Labute approximate surface area is 124 Å². The molecule has 0 fully saturated rings. The van der Waals surface area contributed by atoms with Crippen molar-refractivity contribution < 1.29 is 4.79 Å². The van der Waals surface area contributed by atoms with Crippen molar-refractivity contribution in [1.29, 1.82) is 0 Å². The first kappa shape index (κ1) is 13.6. The Hall–Kier alpha value is -0.830. The van der Waals surface area contributed by atoms with Gasteiger partial charge < -0.3 is 0 Å². The fourth-order valence-corrected chi connectivity index (χ4v) is 2.88. The summed E-state index contributed by atoms with van der Waals surface area (Å²) in [5, 5.41) is 1.17. The summed E-state index contributed by atoms with van der Waals surface area (Å²) in [4.78, 5) is 11.4. The quantitative estimate of drug-likeness (QED) is 0.646. The van der Waals surface area contributed by atoms with E-state index in [2.05, 4.69) is 15.9 Å². The maximum Gasteiger partial charge on any atom is 0.160 e. The normalized spacial score (nSPS) is 10.4. The van der Waals surface area contributed by atoms with E-state index in [1.54, 1.807) is 12.1 Å². The molecule has 2 aromatic rings. The van der Waals surface area contributed by atoms with Crippen LogP contribution in [-0.4, -0.2) is 5.78 Å². The van der Waals surface area contributed by atoms with Crippen molar-refractivity contribution in [1.82, 2.24) is 0 Å². The lowest BCUT2D eigenvalue weighted by Crippen LogP contribution is -1.93. The maximum absolute atomic E-state index is 11.4. The Bertz CT molecular complexity index is 603. The summed E-state index contributed by atoms with van der Waals surface area (Å²) in [6.45, 7) is 1.54. The summed E-state index contributed by atoms with van der Waals surface area (Å²) in [6, 6.07) is 10.9. The number of ketones is 1. The minimum Gasteiger partial charge on any atom is -0.294 e. The highest BCUT2D eigenvalue weighted by Crippen LogP contribution is 2.30. The van der Waals surface area contributed by atoms with Gasteiger partial charge in [0, 0.05) is 20.1 Å². The van der Waals surface area contributed by atoms with Crippen molar-refractivity contribution in [3.63, 3.8) is 0 Å². The molecule has 0 bridgehead atoms. The second kappa shape index (κ2) is 5.43. The van der Waals surface area contributed by atoms with Gasteiger partial charge in [0.05, 0.1) is 0 Å². The standard InChI is InChI=1S/C14H9BrCl2O/c1-8(18)13-3-2-9(6-14(13)15)10-4-11(16)7-12(17)5-10/h2-7H,1H3. The van der Waals surface area contributed by atoms with Crippen LogP contribution in [0.2, 0.25) is 10.0 Å². The van der Waals surface area contributed by atoms with Crippen LogP contribution in [0.4, 0.5) is 0 Å². The van der Waals surface area contributed by atoms with E-state index in [-0.39, 0.29) is 5.78 Å². The smallest absolute Gasteiger partial charge is 0.160 e. The van der Waals surface area contributed by atoms with Gasteiger partial charge in [-0.1, -0.05) is 45.2 Å². The topological polar surface area (TPSA) is 17.1 Å². The van der Waals surface area contributed by atoms with E-state index in [0.29, 0.717) is 15.6 Å². The fourth-order valence-electron chi connectivity index (χ4n) is 1.70. The molecule has 0 aliphatic carbocycles. The number of benzene rings is 2. The zero-order valence-corrected chi connectivity index (χ0v) is 12.6. The van der Waals surface area contributed by atoms with E-state index >= 15 is 0 Å². The molecule has 2 aromatic carbocycles. The molecule has 92 valence electrons. The second-order valence-corrected chi connectivity index (χ2v) is 5.64. The number of hydrogen-bond acceptors (Lipinski definition) is 1. The second-order valence-electron chi connectivity index (χ2n) is 3.91. The summed E-state index contributed by atoms with van der Waals surface area (Å²) in [6.07, 6.45) is 0. The van der Waals surface area contributed by atoms with Crippen LogP contribution in [0.5, 0.6) is 0 Å². The lowest BCUT2D eigenvalue weighted by atomic mass is 10.0. The van der Waals surface area contributed by atoms with Crippen molar-refractivity contribution in [3.05, 3.63) is 56.5 Å². The summed E-state index contributed by atoms with van der Waals surface area (Å²) < 4.78 is 0.767. The van der Waals surface area contributed by atoms with Gasteiger partial charge in [0.25, 0.3) is 0 Å². The molecule has 0 radical (unpaired) electrons. The van der Waals surface area contributed by atoms with Gasteiger partial charge in [-0.15, -0.1) is 0 Å². The largest absolute Gasteiger partial charge is 0.294 e. The number of hydrogen-bond donors (Lipinski definition) is 0. The highest BCUT2D eigenvalue weighted by Gasteiger charge is 2.08. The molecule has 0 aromatic heterocycles. The Morgan fingerprint density at radius 1 is 1.00 bits per heavy atom. The predicted molar refractivity (Wildman–Crippen MR) is 79.6 cm³/mol. The molecule has 0 saturated carbocycles. The molecule has 0 heterocycles. The van der Waals surface area contributed by atoms with Gasteiger partial charge >= 0.3 is 0 Å². The number of carbonyl (C=O) groups excluding carboxylic acids is 1. The van der Waals surface area contributed by atoms with Crippen LogP contribution >= 0.6 is 39.1 Å². The van der Waals surface area contributed by atoms with Crippen LogP contribution in [0.1, 0.15) is 17.3 Å². The monoisotopic (exact) mass is 342 g/mol. The van der Waals surface area contributed by atoms with Gasteiger partial charge in [0.2, 0.25) is 0 Å². The summed E-state index contributed by atoms with van der Waals surface area (Å²) in [5.74, 6) is 0.0255. The molecule has 2 rings (SSSR count). The third-order valence-corrected chi connectivity index (χ3v) is 3.64. The van der Waals surface area contributed by atoms with Crippen LogP contribution < -0.4 is 0 Å². The third-order valence-electron chi connectivity index (χ3n) is 2.54. The van der Waals surface area contributed by atoms with E-state index in [9.17, 15) is 4.79 Å². The Balaban J connectivity index is 2.52. The van der Waals surface area contributed by atoms with Crippen molar-refractivity contribution >= 4 is 44.9 Å². The summed E-state index contributed by atoms with van der Waals surface area (Å²) in [5.41, 5.74) is 2.53. The minimum atomic E-state index is 0.0255. The van der Waals surface area contributed by atoms with Gasteiger partial charge in [-0.3, -0.25) is 4.79 Å². The SMILES string of the molecule is CC(=O)c1ccc(-c2cc(Cl)cc(Cl)c2)cc1Br. The molecule has 0 atom stereocenters. The van der Waals surface area contributed by atoms with Gasteiger partial charge in [0.1, 0.15) is 0 Å². The lowest BCUT2D eigenvalue weighted by Gasteiger charge is -2.06. The molecular weight excluding hydrogens is 335 g/mol. The molecule has 4 heteroatoms. The maximum atomic E-state index is 11.4. The van der Waals surface area contributed by atoms with Crippen LogP contribution in [0.15, 0.2) is 40.9 Å². The molecule has 0 aliphatic heterocycles. The molecule has 0 saturated heterocycles. The minimum absolute atomic E-state index is 0.0255. The van der Waals surface area contributed by atoms with E-state index in [1.807, 2.05) is 24.3 Å². The first-order valence-electron chi connectivity index (χ1n) is 5.24. The predicted octanol–water partition coefficient (Wildman–Crippen LogP) is 5.63. The Morgan fingerprint density at radius 2 is 1.61 bits per heavy atom. The molecule has 0 N–H and O–H groups in total. The first-order valence-corrected chi connectivity index (χ1v) is 6.79. The average Bonchev–Trinajstić information content (AvgIpc) is 2.26. The zero-order chi connectivity index (χ0) is 13.3. The van der Waals surface area contributed by atoms with Crippen LogP contribution in [0.25, 0.3) is 11.1 Å². The number of carbonyl (C=O) groups is 1. The van der Waals surface area contributed by atoms with Crippen molar-refractivity contribution in [2.24, 2.45) is 0 Å². The van der Waals surface area contributed by atoms with Crippen molar-refractivity contribution in [2.45, 2.75) is 6.92 Å². The molecular formula is C14H9BrCl2O.